The van der Waals surface area contributed by atoms with Gasteiger partial charge >= 0.3 is 0 Å². The summed E-state index contributed by atoms with van der Waals surface area (Å²) in [7, 11) is 0. The fourth-order valence-corrected chi connectivity index (χ4v) is 2.24. The predicted molar refractivity (Wildman–Crippen MR) is 49.7 cm³/mol. The summed E-state index contributed by atoms with van der Waals surface area (Å²) in [4.78, 5) is 0. The highest BCUT2D eigenvalue weighted by Gasteiger charge is 2.28. The first-order valence-electron chi connectivity index (χ1n) is 5.24. The molecule has 0 saturated heterocycles. The highest BCUT2D eigenvalue weighted by molar-refractivity contribution is 4.75. The SMILES string of the molecule is NCC(C(F)F)C1CCCCCC1. The monoisotopic (exact) mass is 191 g/mol. The van der Waals surface area contributed by atoms with Gasteiger partial charge < -0.3 is 5.73 Å². The Kier molecular flexibility index (Phi) is 4.64. The lowest BCUT2D eigenvalue weighted by Crippen LogP contribution is -2.29. The summed E-state index contributed by atoms with van der Waals surface area (Å²) in [5.74, 6) is -0.384. The second kappa shape index (κ2) is 5.53. The Morgan fingerprint density at radius 2 is 1.62 bits per heavy atom. The van der Waals surface area contributed by atoms with Crippen LogP contribution in [0.3, 0.4) is 0 Å². The summed E-state index contributed by atoms with van der Waals surface area (Å²) in [5, 5.41) is 0. The molecule has 0 radical (unpaired) electrons. The van der Waals surface area contributed by atoms with Gasteiger partial charge in [-0.3, -0.25) is 0 Å². The molecule has 2 N–H and O–H groups in total. The molecular weight excluding hydrogens is 172 g/mol. The topological polar surface area (TPSA) is 26.0 Å². The number of rotatable bonds is 3. The van der Waals surface area contributed by atoms with E-state index in [1.807, 2.05) is 0 Å². The fraction of sp³-hybridized carbons (Fsp3) is 1.00. The van der Waals surface area contributed by atoms with E-state index >= 15 is 0 Å². The van der Waals surface area contributed by atoms with Crippen LogP contribution in [0.25, 0.3) is 0 Å². The quantitative estimate of drug-likeness (QED) is 0.682. The van der Waals surface area contributed by atoms with E-state index in [1.165, 1.54) is 12.8 Å². The summed E-state index contributed by atoms with van der Waals surface area (Å²) in [6, 6.07) is 0. The molecule has 1 aliphatic carbocycles. The van der Waals surface area contributed by atoms with Gasteiger partial charge in [-0.2, -0.15) is 0 Å². The molecule has 3 heteroatoms. The Hall–Kier alpha value is -0.180. The van der Waals surface area contributed by atoms with Gasteiger partial charge in [0.15, 0.2) is 0 Å². The zero-order chi connectivity index (χ0) is 9.68. The van der Waals surface area contributed by atoms with E-state index in [-0.39, 0.29) is 12.5 Å². The molecule has 0 aromatic rings. The number of nitrogens with two attached hydrogens (primary N) is 1. The number of hydrogen-bond donors (Lipinski definition) is 1. The molecule has 78 valence electrons. The Morgan fingerprint density at radius 3 is 2.00 bits per heavy atom. The van der Waals surface area contributed by atoms with Crippen LogP contribution in [0.2, 0.25) is 0 Å². The van der Waals surface area contributed by atoms with Crippen molar-refractivity contribution in [2.75, 3.05) is 6.54 Å². The third kappa shape index (κ3) is 3.22. The van der Waals surface area contributed by atoms with Crippen molar-refractivity contribution in [2.24, 2.45) is 17.6 Å². The van der Waals surface area contributed by atoms with Gasteiger partial charge in [0.1, 0.15) is 0 Å². The second-order valence-electron chi connectivity index (χ2n) is 3.99. The minimum atomic E-state index is -2.23. The maximum absolute atomic E-state index is 12.5. The highest BCUT2D eigenvalue weighted by Crippen LogP contribution is 2.31. The van der Waals surface area contributed by atoms with Crippen LogP contribution in [0.4, 0.5) is 8.78 Å². The highest BCUT2D eigenvalue weighted by atomic mass is 19.3. The zero-order valence-corrected chi connectivity index (χ0v) is 8.02. The molecule has 13 heavy (non-hydrogen) atoms. The van der Waals surface area contributed by atoms with Gasteiger partial charge in [-0.15, -0.1) is 0 Å². The van der Waals surface area contributed by atoms with Crippen molar-refractivity contribution in [1.29, 1.82) is 0 Å². The van der Waals surface area contributed by atoms with Crippen LogP contribution in [0.15, 0.2) is 0 Å². The maximum atomic E-state index is 12.5. The predicted octanol–water partition coefficient (Wildman–Crippen LogP) is 2.80. The van der Waals surface area contributed by atoms with E-state index in [0.29, 0.717) is 0 Å². The van der Waals surface area contributed by atoms with Crippen molar-refractivity contribution in [3.63, 3.8) is 0 Å². The Balaban J connectivity index is 2.45. The maximum Gasteiger partial charge on any atom is 0.242 e. The van der Waals surface area contributed by atoms with Gasteiger partial charge in [-0.1, -0.05) is 25.7 Å². The van der Waals surface area contributed by atoms with Crippen LogP contribution >= 0.6 is 0 Å². The molecule has 0 aliphatic heterocycles. The lowest BCUT2D eigenvalue weighted by Gasteiger charge is -2.23. The lowest BCUT2D eigenvalue weighted by molar-refractivity contribution is 0.0433. The summed E-state index contributed by atoms with van der Waals surface area (Å²) in [6.07, 6.45) is 4.29. The molecule has 0 amide bonds. The molecule has 0 aromatic carbocycles. The van der Waals surface area contributed by atoms with Crippen LogP contribution < -0.4 is 5.73 Å². The average molecular weight is 191 g/mol. The Labute approximate surface area is 78.7 Å². The molecule has 0 heterocycles. The molecule has 1 aliphatic rings. The van der Waals surface area contributed by atoms with Crippen LogP contribution in [-0.4, -0.2) is 13.0 Å². The number of hydrogen-bond acceptors (Lipinski definition) is 1. The molecule has 0 aromatic heterocycles. The van der Waals surface area contributed by atoms with Gasteiger partial charge in [0.2, 0.25) is 6.43 Å². The zero-order valence-electron chi connectivity index (χ0n) is 8.02. The van der Waals surface area contributed by atoms with Crippen LogP contribution in [0.1, 0.15) is 38.5 Å². The number of halogens is 2. The van der Waals surface area contributed by atoms with E-state index < -0.39 is 12.3 Å². The fourth-order valence-electron chi connectivity index (χ4n) is 2.24. The molecule has 1 unspecified atom stereocenters. The average Bonchev–Trinajstić information content (AvgIpc) is 2.33. The molecule has 0 spiro atoms. The minimum Gasteiger partial charge on any atom is -0.330 e. The first-order valence-corrected chi connectivity index (χ1v) is 5.24. The minimum absolute atomic E-state index is 0.141. The van der Waals surface area contributed by atoms with Gasteiger partial charge in [0, 0.05) is 12.5 Å². The van der Waals surface area contributed by atoms with Gasteiger partial charge in [-0.25, -0.2) is 8.78 Å². The Morgan fingerprint density at radius 1 is 1.08 bits per heavy atom. The van der Waals surface area contributed by atoms with E-state index in [2.05, 4.69) is 0 Å². The molecule has 1 atom stereocenters. The van der Waals surface area contributed by atoms with Gasteiger partial charge in [0.25, 0.3) is 0 Å². The largest absolute Gasteiger partial charge is 0.330 e. The van der Waals surface area contributed by atoms with E-state index in [9.17, 15) is 8.78 Å². The van der Waals surface area contributed by atoms with Crippen molar-refractivity contribution < 1.29 is 8.78 Å². The molecule has 0 bridgehead atoms. The first-order chi connectivity index (χ1) is 6.25. The van der Waals surface area contributed by atoms with E-state index in [0.717, 1.165) is 25.7 Å². The standard InChI is InChI=1S/C10H19F2N/c11-10(12)9(7-13)8-5-3-1-2-4-6-8/h8-10H,1-7,13H2. The third-order valence-electron chi connectivity index (χ3n) is 3.10. The Bertz CT molecular complexity index is 131. The van der Waals surface area contributed by atoms with Crippen LogP contribution in [0, 0.1) is 11.8 Å². The second-order valence-corrected chi connectivity index (χ2v) is 3.99. The van der Waals surface area contributed by atoms with Crippen molar-refractivity contribution in [2.45, 2.75) is 45.0 Å². The van der Waals surface area contributed by atoms with Gasteiger partial charge in [-0.05, 0) is 18.8 Å². The first kappa shape index (κ1) is 10.9. The summed E-state index contributed by atoms with van der Waals surface area (Å²) in [6.45, 7) is 0.141. The smallest absolute Gasteiger partial charge is 0.242 e. The molecule has 1 rings (SSSR count). The summed E-state index contributed by atoms with van der Waals surface area (Å²) in [5.41, 5.74) is 5.38. The van der Waals surface area contributed by atoms with Crippen LogP contribution in [0.5, 0.6) is 0 Å². The van der Waals surface area contributed by atoms with Gasteiger partial charge in [0.05, 0.1) is 0 Å². The number of alkyl halides is 2. The normalized spacial score (nSPS) is 23.1. The summed E-state index contributed by atoms with van der Waals surface area (Å²) >= 11 is 0. The lowest BCUT2D eigenvalue weighted by atomic mass is 9.86. The van der Waals surface area contributed by atoms with E-state index in [1.54, 1.807) is 0 Å². The van der Waals surface area contributed by atoms with Crippen molar-refractivity contribution in [1.82, 2.24) is 0 Å². The third-order valence-corrected chi connectivity index (χ3v) is 3.10. The van der Waals surface area contributed by atoms with Crippen molar-refractivity contribution >= 4 is 0 Å². The van der Waals surface area contributed by atoms with Crippen molar-refractivity contribution in [3.05, 3.63) is 0 Å². The van der Waals surface area contributed by atoms with Crippen molar-refractivity contribution in [3.8, 4) is 0 Å². The molecule has 1 saturated carbocycles. The molecule has 1 nitrogen and oxygen atoms in total. The summed E-state index contributed by atoms with van der Waals surface area (Å²) < 4.78 is 25.1. The molecular formula is C10H19F2N. The van der Waals surface area contributed by atoms with E-state index in [4.69, 9.17) is 5.73 Å². The molecule has 1 fully saturated rings. The van der Waals surface area contributed by atoms with Crippen LogP contribution in [-0.2, 0) is 0 Å².